The minimum Gasteiger partial charge on any atom is -0.463 e. The van der Waals surface area contributed by atoms with Gasteiger partial charge in [-0.25, -0.2) is 4.79 Å². The van der Waals surface area contributed by atoms with Crippen LogP contribution in [-0.2, 0) is 28.6 Å². The van der Waals surface area contributed by atoms with Crippen molar-refractivity contribution in [3.05, 3.63) is 24.3 Å². The Kier molecular flexibility index (Phi) is 8.48. The molecule has 0 heterocycles. The predicted molar refractivity (Wildman–Crippen MR) is 104 cm³/mol. The predicted octanol–water partition coefficient (Wildman–Crippen LogP) is 4.13. The highest BCUT2D eigenvalue weighted by Gasteiger charge is 2.52. The molecule has 0 aromatic rings. The first-order chi connectivity index (χ1) is 12.0. The Balaban J connectivity index is 6.19. The summed E-state index contributed by atoms with van der Waals surface area (Å²) >= 11 is 0. The third kappa shape index (κ3) is 8.41. The van der Waals surface area contributed by atoms with E-state index in [2.05, 4.69) is 13.2 Å². The Bertz CT molecular complexity index is 573. The van der Waals surface area contributed by atoms with Crippen molar-refractivity contribution in [1.29, 1.82) is 0 Å². The molecule has 0 bridgehead atoms. The fourth-order valence-electron chi connectivity index (χ4n) is 2.37. The molecule has 6 heteroatoms. The van der Waals surface area contributed by atoms with E-state index < -0.39 is 34.5 Å². The van der Waals surface area contributed by atoms with Gasteiger partial charge in [0.25, 0.3) is 0 Å². The molecule has 0 aliphatic carbocycles. The number of rotatable bonds is 8. The Morgan fingerprint density at radius 3 is 1.52 bits per heavy atom. The van der Waals surface area contributed by atoms with Crippen LogP contribution in [0.25, 0.3) is 0 Å². The molecule has 0 amide bonds. The molecule has 0 fully saturated rings. The average molecular weight is 382 g/mol. The highest BCUT2D eigenvalue weighted by molar-refractivity contribution is 6.02. The van der Waals surface area contributed by atoms with Crippen molar-refractivity contribution in [3.8, 4) is 0 Å². The number of carbonyl (C=O) groups excluding carboxylic acids is 3. The fourth-order valence-corrected chi connectivity index (χ4v) is 2.37. The number of hydrogen-bond donors (Lipinski definition) is 0. The second-order valence-corrected chi connectivity index (χ2v) is 8.72. The van der Waals surface area contributed by atoms with Crippen LogP contribution in [-0.4, -0.2) is 35.7 Å². The van der Waals surface area contributed by atoms with E-state index >= 15 is 0 Å². The summed E-state index contributed by atoms with van der Waals surface area (Å²) in [6.45, 7) is 21.2. The Morgan fingerprint density at radius 1 is 0.815 bits per heavy atom. The van der Waals surface area contributed by atoms with Crippen LogP contribution in [0.4, 0.5) is 0 Å². The summed E-state index contributed by atoms with van der Waals surface area (Å²) in [4.78, 5) is 38.3. The van der Waals surface area contributed by atoms with Crippen LogP contribution >= 0.6 is 0 Å². The van der Waals surface area contributed by atoms with Gasteiger partial charge in [-0.3, -0.25) is 9.59 Å². The number of hydrogen-bond acceptors (Lipinski definition) is 6. The standard InChI is InChI=1S/C21H34O6/c1-11-25-16(22)15(4)13-21(12-14(2)3,17(23)26-19(5,6)7)18(24)27-20(8,9)10/h2,4,11-13H2,1,3,5-10H3. The van der Waals surface area contributed by atoms with Crippen molar-refractivity contribution in [2.24, 2.45) is 5.41 Å². The summed E-state index contributed by atoms with van der Waals surface area (Å²) in [7, 11) is 0. The number of carbonyl (C=O) groups is 3. The van der Waals surface area contributed by atoms with Gasteiger partial charge in [-0.2, -0.15) is 0 Å². The normalized spacial score (nSPS) is 12.1. The van der Waals surface area contributed by atoms with Gasteiger partial charge in [-0.15, -0.1) is 6.58 Å². The lowest BCUT2D eigenvalue weighted by atomic mass is 9.76. The van der Waals surface area contributed by atoms with Gasteiger partial charge < -0.3 is 14.2 Å². The second kappa shape index (κ2) is 9.20. The molecule has 0 saturated carbocycles. The van der Waals surface area contributed by atoms with E-state index in [1.165, 1.54) is 0 Å². The van der Waals surface area contributed by atoms with Crippen LogP contribution < -0.4 is 0 Å². The topological polar surface area (TPSA) is 78.9 Å². The number of allylic oxidation sites excluding steroid dienone is 1. The molecule has 0 spiro atoms. The Morgan fingerprint density at radius 2 is 1.22 bits per heavy atom. The van der Waals surface area contributed by atoms with Gasteiger partial charge in [-0.1, -0.05) is 12.2 Å². The van der Waals surface area contributed by atoms with Crippen LogP contribution in [0, 0.1) is 5.41 Å². The average Bonchev–Trinajstić information content (AvgIpc) is 2.42. The van der Waals surface area contributed by atoms with Crippen LogP contribution in [0.2, 0.25) is 0 Å². The third-order valence-corrected chi connectivity index (χ3v) is 3.26. The van der Waals surface area contributed by atoms with Crippen LogP contribution in [0.1, 0.15) is 68.2 Å². The zero-order chi connectivity index (χ0) is 21.6. The van der Waals surface area contributed by atoms with Crippen molar-refractivity contribution >= 4 is 17.9 Å². The molecule has 0 unspecified atom stereocenters. The minimum absolute atomic E-state index is 0.00480. The van der Waals surface area contributed by atoms with E-state index in [0.29, 0.717) is 5.57 Å². The molecule has 27 heavy (non-hydrogen) atoms. The molecular weight excluding hydrogens is 348 g/mol. The first-order valence-corrected chi connectivity index (χ1v) is 9.00. The zero-order valence-electron chi connectivity index (χ0n) is 18.0. The zero-order valence-corrected chi connectivity index (χ0v) is 18.0. The van der Waals surface area contributed by atoms with Gasteiger partial charge in [0.2, 0.25) is 0 Å². The largest absolute Gasteiger partial charge is 0.463 e. The Labute approximate surface area is 162 Å². The van der Waals surface area contributed by atoms with Gasteiger partial charge in [0.15, 0.2) is 5.41 Å². The van der Waals surface area contributed by atoms with Gasteiger partial charge >= 0.3 is 17.9 Å². The van der Waals surface area contributed by atoms with Crippen molar-refractivity contribution in [3.63, 3.8) is 0 Å². The molecule has 0 N–H and O–H groups in total. The van der Waals surface area contributed by atoms with E-state index in [4.69, 9.17) is 14.2 Å². The highest BCUT2D eigenvalue weighted by atomic mass is 16.6. The lowest BCUT2D eigenvalue weighted by Gasteiger charge is -2.35. The smallest absolute Gasteiger partial charge is 0.333 e. The molecule has 0 aromatic heterocycles. The monoisotopic (exact) mass is 382 g/mol. The van der Waals surface area contributed by atoms with Gasteiger partial charge in [0.1, 0.15) is 11.2 Å². The molecule has 6 nitrogen and oxygen atoms in total. The van der Waals surface area contributed by atoms with E-state index in [0.717, 1.165) is 0 Å². The summed E-state index contributed by atoms with van der Waals surface area (Å²) in [5.41, 5.74) is -2.86. The molecule has 0 atom stereocenters. The number of esters is 3. The maximum atomic E-state index is 13.1. The summed E-state index contributed by atoms with van der Waals surface area (Å²) in [5, 5.41) is 0. The van der Waals surface area contributed by atoms with E-state index in [1.807, 2.05) is 0 Å². The number of ether oxygens (including phenoxy) is 3. The molecule has 0 aliphatic heterocycles. The van der Waals surface area contributed by atoms with Gasteiger partial charge in [0.05, 0.1) is 6.61 Å². The maximum Gasteiger partial charge on any atom is 0.333 e. The van der Waals surface area contributed by atoms with Crippen LogP contribution in [0.5, 0.6) is 0 Å². The lowest BCUT2D eigenvalue weighted by Crippen LogP contribution is -2.47. The quantitative estimate of drug-likeness (QED) is 0.206. The molecule has 0 radical (unpaired) electrons. The third-order valence-electron chi connectivity index (χ3n) is 3.26. The summed E-state index contributed by atoms with van der Waals surface area (Å²) < 4.78 is 16.0. The summed E-state index contributed by atoms with van der Waals surface area (Å²) in [6, 6.07) is 0. The second-order valence-electron chi connectivity index (χ2n) is 8.72. The maximum absolute atomic E-state index is 13.1. The summed E-state index contributed by atoms with van der Waals surface area (Å²) in [5.74, 6) is -2.23. The van der Waals surface area contributed by atoms with Crippen LogP contribution in [0.3, 0.4) is 0 Å². The van der Waals surface area contributed by atoms with Crippen molar-refractivity contribution in [2.45, 2.75) is 79.4 Å². The molecule has 0 aliphatic rings. The Hall–Kier alpha value is -2.11. The first kappa shape index (κ1) is 24.9. The van der Waals surface area contributed by atoms with Crippen molar-refractivity contribution < 1.29 is 28.6 Å². The highest BCUT2D eigenvalue weighted by Crippen LogP contribution is 2.38. The van der Waals surface area contributed by atoms with Gasteiger partial charge in [0, 0.05) is 12.0 Å². The lowest BCUT2D eigenvalue weighted by molar-refractivity contribution is -0.185. The minimum atomic E-state index is -1.77. The van der Waals surface area contributed by atoms with E-state index in [1.54, 1.807) is 55.4 Å². The van der Waals surface area contributed by atoms with Gasteiger partial charge in [-0.05, 0) is 61.8 Å². The fraction of sp³-hybridized carbons (Fsp3) is 0.667. The molecular formula is C21H34O6. The van der Waals surface area contributed by atoms with Crippen LogP contribution in [0.15, 0.2) is 24.3 Å². The molecule has 0 rings (SSSR count). The van der Waals surface area contributed by atoms with E-state index in [-0.39, 0.29) is 25.0 Å². The SMILES string of the molecule is C=C(C)CC(CC(=C)C(=O)OCC)(C(=O)OC(C)(C)C)C(=O)OC(C)(C)C. The summed E-state index contributed by atoms with van der Waals surface area (Å²) in [6.07, 6.45) is -0.308. The molecule has 0 saturated heterocycles. The van der Waals surface area contributed by atoms with Crippen molar-refractivity contribution in [2.75, 3.05) is 6.61 Å². The van der Waals surface area contributed by atoms with E-state index in [9.17, 15) is 14.4 Å². The first-order valence-electron chi connectivity index (χ1n) is 9.00. The molecule has 0 aromatic carbocycles. The molecule has 154 valence electrons. The van der Waals surface area contributed by atoms with Crippen molar-refractivity contribution in [1.82, 2.24) is 0 Å².